The van der Waals surface area contributed by atoms with Crippen molar-refractivity contribution in [2.24, 2.45) is 11.7 Å². The summed E-state index contributed by atoms with van der Waals surface area (Å²) < 4.78 is 29.0. The van der Waals surface area contributed by atoms with Crippen molar-refractivity contribution < 1.29 is 8.42 Å². The summed E-state index contributed by atoms with van der Waals surface area (Å²) in [7, 11) is -3.59. The highest BCUT2D eigenvalue weighted by molar-refractivity contribution is 7.89. The van der Waals surface area contributed by atoms with Gasteiger partial charge in [0, 0.05) is 12.1 Å². The lowest BCUT2D eigenvalue weighted by molar-refractivity contribution is 0.374. The first-order valence-electron chi connectivity index (χ1n) is 7.86. The summed E-state index contributed by atoms with van der Waals surface area (Å²) in [6, 6.07) is 0. The van der Waals surface area contributed by atoms with Crippen LogP contribution in [-0.2, 0) is 10.0 Å². The summed E-state index contributed by atoms with van der Waals surface area (Å²) in [5.41, 5.74) is 10.2. The van der Waals surface area contributed by atoms with Gasteiger partial charge in [-0.2, -0.15) is 0 Å². The minimum Gasteiger partial charge on any atom is -0.329 e. The maximum atomic E-state index is 13.0. The normalized spacial score (nSPS) is 17.5. The summed E-state index contributed by atoms with van der Waals surface area (Å²) in [5, 5.41) is 0. The lowest BCUT2D eigenvalue weighted by Crippen LogP contribution is -2.53. The van der Waals surface area contributed by atoms with Crippen LogP contribution < -0.4 is 10.5 Å². The molecule has 0 amide bonds. The predicted octanol–water partition coefficient (Wildman–Crippen LogP) is 3.06. The number of nitrogens with two attached hydrogens (primary N) is 1. The highest BCUT2D eigenvalue weighted by atomic mass is 35.5. The van der Waals surface area contributed by atoms with Crippen LogP contribution in [0.4, 0.5) is 0 Å². The Morgan fingerprint density at radius 3 is 1.74 bits per heavy atom. The zero-order chi connectivity index (χ0) is 16.9. The van der Waals surface area contributed by atoms with Crippen LogP contribution in [0.3, 0.4) is 0 Å². The lowest BCUT2D eigenvalue weighted by Gasteiger charge is -2.30. The molecule has 0 aliphatic heterocycles. The molecule has 1 aliphatic rings. The first-order chi connectivity index (χ1) is 10.0. The van der Waals surface area contributed by atoms with Crippen molar-refractivity contribution in [3.8, 4) is 0 Å². The summed E-state index contributed by atoms with van der Waals surface area (Å²) in [6.45, 7) is 12.0. The van der Waals surface area contributed by atoms with Crippen LogP contribution >= 0.6 is 12.4 Å². The third-order valence-electron chi connectivity index (χ3n) is 5.47. The Labute approximate surface area is 146 Å². The van der Waals surface area contributed by atoms with Gasteiger partial charge in [-0.3, -0.25) is 0 Å². The number of benzene rings is 1. The average molecular weight is 361 g/mol. The van der Waals surface area contributed by atoms with Gasteiger partial charge in [-0.1, -0.05) is 0 Å². The van der Waals surface area contributed by atoms with Crippen molar-refractivity contribution in [2.45, 2.75) is 64.8 Å². The van der Waals surface area contributed by atoms with Gasteiger partial charge in [0.2, 0.25) is 10.0 Å². The molecule has 1 atom stereocenters. The second kappa shape index (κ2) is 6.71. The maximum Gasteiger partial charge on any atom is 0.241 e. The Morgan fingerprint density at radius 2 is 1.39 bits per heavy atom. The molecule has 4 nitrogen and oxygen atoms in total. The predicted molar refractivity (Wildman–Crippen MR) is 97.9 cm³/mol. The van der Waals surface area contributed by atoms with E-state index < -0.39 is 15.6 Å². The van der Waals surface area contributed by atoms with Gasteiger partial charge in [-0.25, -0.2) is 13.1 Å². The SMILES string of the molecule is Cc1c(C)c(C)c(S(=O)(=O)NC(C)(CN)C2CC2)c(C)c1C.Cl. The summed E-state index contributed by atoms with van der Waals surface area (Å²) >= 11 is 0. The van der Waals surface area contributed by atoms with E-state index in [1.165, 1.54) is 0 Å². The van der Waals surface area contributed by atoms with E-state index in [9.17, 15) is 8.42 Å². The number of rotatable bonds is 5. The molecule has 1 aromatic carbocycles. The Morgan fingerprint density at radius 1 is 1.00 bits per heavy atom. The van der Waals surface area contributed by atoms with Crippen LogP contribution in [-0.4, -0.2) is 20.5 Å². The molecule has 0 bridgehead atoms. The molecule has 0 aromatic heterocycles. The summed E-state index contributed by atoms with van der Waals surface area (Å²) in [6.07, 6.45) is 2.08. The second-order valence-corrected chi connectivity index (χ2v) is 8.57. The van der Waals surface area contributed by atoms with E-state index in [1.54, 1.807) is 0 Å². The van der Waals surface area contributed by atoms with Gasteiger partial charge in [0.15, 0.2) is 0 Å². The highest BCUT2D eigenvalue weighted by Crippen LogP contribution is 2.40. The zero-order valence-corrected chi connectivity index (χ0v) is 16.5. The first kappa shape index (κ1) is 20.4. The molecule has 0 spiro atoms. The molecule has 0 heterocycles. The van der Waals surface area contributed by atoms with Crippen molar-refractivity contribution in [1.82, 2.24) is 4.72 Å². The van der Waals surface area contributed by atoms with Crippen LogP contribution in [0.15, 0.2) is 4.90 Å². The van der Waals surface area contributed by atoms with Gasteiger partial charge < -0.3 is 5.73 Å². The van der Waals surface area contributed by atoms with E-state index in [0.717, 1.165) is 40.7 Å². The fourth-order valence-corrected chi connectivity index (χ4v) is 5.32. The van der Waals surface area contributed by atoms with Crippen LogP contribution in [0, 0.1) is 40.5 Å². The molecule has 0 radical (unpaired) electrons. The van der Waals surface area contributed by atoms with Gasteiger partial charge >= 0.3 is 0 Å². The lowest BCUT2D eigenvalue weighted by atomic mass is 9.95. The largest absolute Gasteiger partial charge is 0.329 e. The van der Waals surface area contributed by atoms with Crippen LogP contribution in [0.5, 0.6) is 0 Å². The minimum absolute atomic E-state index is 0. The second-order valence-electron chi connectivity index (χ2n) is 6.96. The zero-order valence-electron chi connectivity index (χ0n) is 14.9. The number of hydrogen-bond donors (Lipinski definition) is 2. The van der Waals surface area contributed by atoms with Gasteiger partial charge in [0.05, 0.1) is 4.90 Å². The van der Waals surface area contributed by atoms with Gasteiger partial charge in [0.1, 0.15) is 0 Å². The highest BCUT2D eigenvalue weighted by Gasteiger charge is 2.43. The van der Waals surface area contributed by atoms with Crippen LogP contribution in [0.1, 0.15) is 47.6 Å². The molecule has 2 rings (SSSR count). The Hall–Kier alpha value is -0.620. The smallest absolute Gasteiger partial charge is 0.241 e. The molecule has 132 valence electrons. The van der Waals surface area contributed by atoms with E-state index in [-0.39, 0.29) is 12.4 Å². The Balaban J connectivity index is 0.00000264. The fourth-order valence-electron chi connectivity index (χ4n) is 3.24. The third kappa shape index (κ3) is 3.58. The molecule has 1 saturated carbocycles. The summed E-state index contributed by atoms with van der Waals surface area (Å²) in [5.74, 6) is 0.348. The number of hydrogen-bond acceptors (Lipinski definition) is 3. The van der Waals surface area contributed by atoms with Crippen LogP contribution in [0.25, 0.3) is 0 Å². The van der Waals surface area contributed by atoms with E-state index in [0.29, 0.717) is 17.4 Å². The molecule has 1 unspecified atom stereocenters. The standard InChI is InChI=1S/C17H28N2O2S.ClH/c1-10-11(2)13(4)16(14(5)12(10)3)22(20,21)19-17(6,9-18)15-7-8-15;/h15,19H,7-9,18H2,1-6H3;1H. The van der Waals surface area contributed by atoms with Gasteiger partial charge in [-0.05, 0) is 88.1 Å². The molecule has 3 N–H and O–H groups in total. The van der Waals surface area contributed by atoms with E-state index in [4.69, 9.17) is 5.73 Å². The van der Waals surface area contributed by atoms with E-state index in [2.05, 4.69) is 4.72 Å². The van der Waals surface area contributed by atoms with E-state index in [1.807, 2.05) is 41.5 Å². The number of halogens is 1. The molecule has 23 heavy (non-hydrogen) atoms. The van der Waals surface area contributed by atoms with Gasteiger partial charge in [-0.15, -0.1) is 12.4 Å². The average Bonchev–Trinajstić information content (AvgIpc) is 3.27. The molecular weight excluding hydrogens is 332 g/mol. The van der Waals surface area contributed by atoms with Gasteiger partial charge in [0.25, 0.3) is 0 Å². The number of sulfonamides is 1. The third-order valence-corrected chi connectivity index (χ3v) is 7.35. The monoisotopic (exact) mass is 360 g/mol. The Kier molecular flexibility index (Phi) is 5.96. The quantitative estimate of drug-likeness (QED) is 0.847. The molecule has 1 aliphatic carbocycles. The molecule has 6 heteroatoms. The van der Waals surface area contributed by atoms with Crippen LogP contribution in [0.2, 0.25) is 0 Å². The first-order valence-corrected chi connectivity index (χ1v) is 9.34. The van der Waals surface area contributed by atoms with E-state index >= 15 is 0 Å². The molecule has 1 aromatic rings. The summed E-state index contributed by atoms with van der Waals surface area (Å²) in [4.78, 5) is 0.424. The minimum atomic E-state index is -3.59. The molecule has 0 saturated heterocycles. The van der Waals surface area contributed by atoms with Crippen molar-refractivity contribution >= 4 is 22.4 Å². The Bertz CT molecular complexity index is 683. The van der Waals surface area contributed by atoms with Crippen molar-refractivity contribution in [3.63, 3.8) is 0 Å². The molecular formula is C17H29ClN2O2S. The number of nitrogens with one attached hydrogen (secondary N) is 1. The topological polar surface area (TPSA) is 72.2 Å². The maximum absolute atomic E-state index is 13.0. The van der Waals surface area contributed by atoms with Crippen molar-refractivity contribution in [3.05, 3.63) is 27.8 Å². The fraction of sp³-hybridized carbons (Fsp3) is 0.647. The molecule has 1 fully saturated rings. The van der Waals surface area contributed by atoms with Crippen molar-refractivity contribution in [2.75, 3.05) is 6.54 Å². The van der Waals surface area contributed by atoms with Crippen molar-refractivity contribution in [1.29, 1.82) is 0 Å².